The minimum Gasteiger partial charge on any atom is -0.311 e. The Hall–Kier alpha value is -6.18. The molecule has 0 fully saturated rings. The molecule has 8 rings (SSSR count). The third-order valence-corrected chi connectivity index (χ3v) is 8.87. The Balaban J connectivity index is 1.07. The van der Waals surface area contributed by atoms with E-state index in [0.29, 0.717) is 0 Å². The summed E-state index contributed by atoms with van der Waals surface area (Å²) in [6, 6.07) is 71.8. The standard InChI is InChI=1S/C46H33N/c1-3-10-34(11-4-1)41-14-9-15-42(32-41)39-26-30-46(31-27-39)47(44-16-5-2-6-17-44)45-28-24-37(25-29-45)36-18-20-38(21-19-36)43-23-22-35-12-7-8-13-40(35)33-43/h1-33H. The molecule has 0 saturated heterocycles. The van der Waals surface area contributed by atoms with Gasteiger partial charge in [-0.1, -0.05) is 152 Å². The van der Waals surface area contributed by atoms with Crippen molar-refractivity contribution in [3.8, 4) is 44.5 Å². The van der Waals surface area contributed by atoms with Crippen molar-refractivity contribution in [1.82, 2.24) is 0 Å². The molecule has 0 amide bonds. The van der Waals surface area contributed by atoms with E-state index < -0.39 is 0 Å². The predicted molar refractivity (Wildman–Crippen MR) is 200 cm³/mol. The van der Waals surface area contributed by atoms with Gasteiger partial charge in [-0.2, -0.15) is 0 Å². The van der Waals surface area contributed by atoms with Gasteiger partial charge in [-0.3, -0.25) is 0 Å². The molecule has 0 unspecified atom stereocenters. The molecular formula is C46H33N. The van der Waals surface area contributed by atoms with Crippen molar-refractivity contribution in [2.24, 2.45) is 0 Å². The van der Waals surface area contributed by atoms with Crippen LogP contribution in [-0.2, 0) is 0 Å². The highest BCUT2D eigenvalue weighted by Gasteiger charge is 2.13. The number of hydrogen-bond donors (Lipinski definition) is 0. The van der Waals surface area contributed by atoms with Gasteiger partial charge in [0.2, 0.25) is 0 Å². The first-order valence-corrected chi connectivity index (χ1v) is 16.1. The summed E-state index contributed by atoms with van der Waals surface area (Å²) >= 11 is 0. The summed E-state index contributed by atoms with van der Waals surface area (Å²) in [6.45, 7) is 0. The molecule has 47 heavy (non-hydrogen) atoms. The fourth-order valence-electron chi connectivity index (χ4n) is 6.36. The lowest BCUT2D eigenvalue weighted by Gasteiger charge is -2.26. The first-order chi connectivity index (χ1) is 23.3. The van der Waals surface area contributed by atoms with Crippen molar-refractivity contribution >= 4 is 27.8 Å². The van der Waals surface area contributed by atoms with Gasteiger partial charge in [-0.15, -0.1) is 0 Å². The molecule has 8 aromatic rings. The third kappa shape index (κ3) is 5.95. The monoisotopic (exact) mass is 599 g/mol. The van der Waals surface area contributed by atoms with Gasteiger partial charge in [0.1, 0.15) is 0 Å². The van der Waals surface area contributed by atoms with Gasteiger partial charge in [0.05, 0.1) is 0 Å². The maximum Gasteiger partial charge on any atom is 0.0462 e. The summed E-state index contributed by atoms with van der Waals surface area (Å²) in [5.41, 5.74) is 13.1. The van der Waals surface area contributed by atoms with Crippen molar-refractivity contribution < 1.29 is 0 Å². The lowest BCUT2D eigenvalue weighted by Crippen LogP contribution is -2.09. The average Bonchev–Trinajstić information content (AvgIpc) is 3.16. The fraction of sp³-hybridized carbons (Fsp3) is 0. The lowest BCUT2D eigenvalue weighted by molar-refractivity contribution is 1.28. The van der Waals surface area contributed by atoms with Crippen LogP contribution in [0.4, 0.5) is 17.1 Å². The highest BCUT2D eigenvalue weighted by Crippen LogP contribution is 2.37. The number of para-hydroxylation sites is 1. The second-order valence-electron chi connectivity index (χ2n) is 11.9. The minimum absolute atomic E-state index is 1.12. The predicted octanol–water partition coefficient (Wildman–Crippen LogP) is 13.0. The molecule has 8 aromatic carbocycles. The summed E-state index contributed by atoms with van der Waals surface area (Å²) in [7, 11) is 0. The molecule has 0 bridgehead atoms. The number of nitrogens with zero attached hydrogens (tertiary/aromatic N) is 1. The molecule has 0 saturated carbocycles. The van der Waals surface area contributed by atoms with Crippen molar-refractivity contribution in [1.29, 1.82) is 0 Å². The summed E-state index contributed by atoms with van der Waals surface area (Å²) in [4.78, 5) is 2.32. The molecule has 0 N–H and O–H groups in total. The van der Waals surface area contributed by atoms with Crippen LogP contribution in [-0.4, -0.2) is 0 Å². The van der Waals surface area contributed by atoms with Crippen molar-refractivity contribution in [2.45, 2.75) is 0 Å². The number of hydrogen-bond acceptors (Lipinski definition) is 1. The second-order valence-corrected chi connectivity index (χ2v) is 11.9. The maximum atomic E-state index is 2.32. The van der Waals surface area contributed by atoms with Gasteiger partial charge < -0.3 is 4.90 Å². The maximum absolute atomic E-state index is 2.32. The molecule has 0 aliphatic heterocycles. The van der Waals surface area contributed by atoms with Crippen LogP contribution < -0.4 is 4.90 Å². The number of fused-ring (bicyclic) bond motifs is 1. The molecule has 0 aliphatic rings. The van der Waals surface area contributed by atoms with Gasteiger partial charge in [-0.25, -0.2) is 0 Å². The second kappa shape index (κ2) is 12.7. The molecule has 222 valence electrons. The topological polar surface area (TPSA) is 3.24 Å². The quantitative estimate of drug-likeness (QED) is 0.176. The summed E-state index contributed by atoms with van der Waals surface area (Å²) in [5, 5.41) is 2.53. The Bertz CT molecular complexity index is 2250. The molecule has 0 heterocycles. The number of anilines is 3. The van der Waals surface area contributed by atoms with Gasteiger partial charge in [0, 0.05) is 17.1 Å². The Morgan fingerprint density at radius 2 is 0.574 bits per heavy atom. The van der Waals surface area contributed by atoms with E-state index in [9.17, 15) is 0 Å². The highest BCUT2D eigenvalue weighted by molar-refractivity contribution is 5.88. The molecule has 1 heteroatoms. The Kier molecular flexibility index (Phi) is 7.63. The zero-order chi connectivity index (χ0) is 31.4. The number of benzene rings is 8. The van der Waals surface area contributed by atoms with Gasteiger partial charge in [-0.05, 0) is 104 Å². The third-order valence-electron chi connectivity index (χ3n) is 8.87. The van der Waals surface area contributed by atoms with Crippen LogP contribution >= 0.6 is 0 Å². The first-order valence-electron chi connectivity index (χ1n) is 16.1. The summed E-state index contributed by atoms with van der Waals surface area (Å²) in [6.07, 6.45) is 0. The zero-order valence-corrected chi connectivity index (χ0v) is 26.0. The summed E-state index contributed by atoms with van der Waals surface area (Å²) < 4.78 is 0. The molecule has 0 spiro atoms. The van der Waals surface area contributed by atoms with Crippen molar-refractivity contribution in [3.63, 3.8) is 0 Å². The van der Waals surface area contributed by atoms with Crippen molar-refractivity contribution in [3.05, 3.63) is 200 Å². The minimum atomic E-state index is 1.12. The number of rotatable bonds is 7. The first kappa shape index (κ1) is 28.3. The van der Waals surface area contributed by atoms with E-state index >= 15 is 0 Å². The van der Waals surface area contributed by atoms with Gasteiger partial charge >= 0.3 is 0 Å². The zero-order valence-electron chi connectivity index (χ0n) is 26.0. The van der Waals surface area contributed by atoms with E-state index in [4.69, 9.17) is 0 Å². The van der Waals surface area contributed by atoms with Crippen LogP contribution in [0.2, 0.25) is 0 Å². The fourth-order valence-corrected chi connectivity index (χ4v) is 6.36. The van der Waals surface area contributed by atoms with Crippen LogP contribution in [0, 0.1) is 0 Å². The Morgan fingerprint density at radius 1 is 0.213 bits per heavy atom. The average molecular weight is 600 g/mol. The van der Waals surface area contributed by atoms with E-state index in [1.54, 1.807) is 0 Å². The Labute approximate surface area is 276 Å². The summed E-state index contributed by atoms with van der Waals surface area (Å²) in [5.74, 6) is 0. The molecule has 0 aliphatic carbocycles. The van der Waals surface area contributed by atoms with E-state index in [0.717, 1.165) is 17.1 Å². The molecule has 1 nitrogen and oxygen atoms in total. The van der Waals surface area contributed by atoms with Crippen LogP contribution in [0.25, 0.3) is 55.3 Å². The van der Waals surface area contributed by atoms with Crippen LogP contribution in [0.5, 0.6) is 0 Å². The van der Waals surface area contributed by atoms with Crippen LogP contribution in [0.15, 0.2) is 200 Å². The molecule has 0 radical (unpaired) electrons. The Morgan fingerprint density at radius 3 is 1.15 bits per heavy atom. The smallest absolute Gasteiger partial charge is 0.0462 e. The van der Waals surface area contributed by atoms with E-state index in [1.807, 2.05) is 0 Å². The SMILES string of the molecule is c1ccc(-c2cccc(-c3ccc(N(c4ccccc4)c4ccc(-c5ccc(-c6ccc7ccccc7c6)cc5)cc4)cc3)c2)cc1. The van der Waals surface area contributed by atoms with Crippen molar-refractivity contribution in [2.75, 3.05) is 4.90 Å². The normalized spacial score (nSPS) is 11.0. The molecule has 0 atom stereocenters. The van der Waals surface area contributed by atoms with E-state index in [-0.39, 0.29) is 0 Å². The largest absolute Gasteiger partial charge is 0.311 e. The van der Waals surface area contributed by atoms with Crippen LogP contribution in [0.1, 0.15) is 0 Å². The molecule has 0 aromatic heterocycles. The molecular weight excluding hydrogens is 567 g/mol. The van der Waals surface area contributed by atoms with Gasteiger partial charge in [0.25, 0.3) is 0 Å². The lowest BCUT2D eigenvalue weighted by atomic mass is 9.98. The van der Waals surface area contributed by atoms with Crippen LogP contribution in [0.3, 0.4) is 0 Å². The van der Waals surface area contributed by atoms with E-state index in [1.165, 1.54) is 55.3 Å². The van der Waals surface area contributed by atoms with Gasteiger partial charge in [0.15, 0.2) is 0 Å². The van der Waals surface area contributed by atoms with E-state index in [2.05, 4.69) is 205 Å². The highest BCUT2D eigenvalue weighted by atomic mass is 15.1.